The number of hydrogen-bond acceptors (Lipinski definition) is 5. The fraction of sp³-hybridized carbons (Fsp3) is 0.583. The van der Waals surface area contributed by atoms with E-state index in [9.17, 15) is 14.4 Å². The van der Waals surface area contributed by atoms with Gasteiger partial charge in [-0.15, -0.1) is 0 Å². The number of rotatable bonds is 6. The molecule has 166 valence electrons. The number of aromatic nitrogens is 1. The van der Waals surface area contributed by atoms with E-state index in [-0.39, 0.29) is 35.5 Å². The molecule has 7 heteroatoms. The molecule has 1 aliphatic carbocycles. The van der Waals surface area contributed by atoms with Gasteiger partial charge in [0, 0.05) is 45.1 Å². The Kier molecular flexibility index (Phi) is 6.51. The molecule has 0 spiro atoms. The molecule has 31 heavy (non-hydrogen) atoms. The predicted octanol–water partition coefficient (Wildman–Crippen LogP) is 2.09. The normalized spacial score (nSPS) is 25.3. The van der Waals surface area contributed by atoms with E-state index >= 15 is 0 Å². The van der Waals surface area contributed by atoms with Crippen LogP contribution in [0.25, 0.3) is 0 Å². The van der Waals surface area contributed by atoms with Crippen LogP contribution in [0.3, 0.4) is 0 Å². The summed E-state index contributed by atoms with van der Waals surface area (Å²) in [5.74, 6) is -0.771. The van der Waals surface area contributed by atoms with E-state index in [4.69, 9.17) is 0 Å². The molecule has 1 aromatic heterocycles. The molecule has 3 atom stereocenters. The largest absolute Gasteiger partial charge is 0.338 e. The molecule has 2 aliphatic heterocycles. The van der Waals surface area contributed by atoms with Gasteiger partial charge in [-0.25, -0.2) is 0 Å². The topological polar surface area (TPSA) is 73.8 Å². The molecule has 2 fully saturated rings. The summed E-state index contributed by atoms with van der Waals surface area (Å²) in [7, 11) is 0. The molecule has 0 bridgehead atoms. The quantitative estimate of drug-likeness (QED) is 0.516. The second-order valence-corrected chi connectivity index (χ2v) is 9.30. The van der Waals surface area contributed by atoms with Gasteiger partial charge in [0.15, 0.2) is 0 Å². The first-order chi connectivity index (χ1) is 15.0. The van der Waals surface area contributed by atoms with Gasteiger partial charge in [-0.2, -0.15) is 0 Å². The number of amides is 3. The molecule has 7 nitrogen and oxygen atoms in total. The highest BCUT2D eigenvalue weighted by molar-refractivity contribution is 6.08. The molecule has 1 aromatic rings. The van der Waals surface area contributed by atoms with Gasteiger partial charge in [0.2, 0.25) is 17.7 Å². The number of allylic oxidation sites excluding steroid dienone is 2. The van der Waals surface area contributed by atoms with Crippen molar-refractivity contribution in [1.82, 2.24) is 19.7 Å². The first kappa shape index (κ1) is 21.7. The number of piperazine rings is 1. The average Bonchev–Trinajstić information content (AvgIpc) is 3.03. The zero-order valence-electron chi connectivity index (χ0n) is 18.4. The lowest BCUT2D eigenvalue weighted by atomic mass is 9.85. The second kappa shape index (κ2) is 9.30. The van der Waals surface area contributed by atoms with Crippen LogP contribution in [0, 0.1) is 17.8 Å². The third-order valence-electron chi connectivity index (χ3n) is 6.67. The van der Waals surface area contributed by atoms with Crippen LogP contribution in [0.2, 0.25) is 0 Å². The second-order valence-electron chi connectivity index (χ2n) is 9.30. The van der Waals surface area contributed by atoms with Crippen molar-refractivity contribution in [2.45, 2.75) is 45.7 Å². The Bertz CT molecular complexity index is 820. The third-order valence-corrected chi connectivity index (χ3v) is 6.67. The number of hydrogen-bond donors (Lipinski definition) is 0. The van der Waals surface area contributed by atoms with Crippen molar-refractivity contribution >= 4 is 17.7 Å². The zero-order valence-corrected chi connectivity index (χ0v) is 18.4. The van der Waals surface area contributed by atoms with Crippen molar-refractivity contribution in [2.24, 2.45) is 17.8 Å². The van der Waals surface area contributed by atoms with Crippen molar-refractivity contribution in [3.05, 3.63) is 42.2 Å². The maximum atomic E-state index is 13.5. The van der Waals surface area contributed by atoms with Gasteiger partial charge in [0.05, 0.1) is 11.8 Å². The maximum absolute atomic E-state index is 13.5. The molecule has 0 N–H and O–H groups in total. The molecule has 3 heterocycles. The predicted molar refractivity (Wildman–Crippen MR) is 117 cm³/mol. The number of likely N-dealkylation sites (tertiary alicyclic amines) is 1. The number of carbonyl (C=O) groups is 3. The summed E-state index contributed by atoms with van der Waals surface area (Å²) in [6.07, 6.45) is 9.27. The highest BCUT2D eigenvalue weighted by Gasteiger charge is 2.51. The van der Waals surface area contributed by atoms with Crippen molar-refractivity contribution in [1.29, 1.82) is 0 Å². The summed E-state index contributed by atoms with van der Waals surface area (Å²) in [5, 5.41) is 0. The van der Waals surface area contributed by atoms with Gasteiger partial charge in [0.1, 0.15) is 6.04 Å². The molecule has 3 amide bonds. The van der Waals surface area contributed by atoms with Crippen molar-refractivity contribution in [2.75, 3.05) is 26.2 Å². The number of pyridine rings is 1. The van der Waals surface area contributed by atoms with Crippen LogP contribution in [0.4, 0.5) is 0 Å². The summed E-state index contributed by atoms with van der Waals surface area (Å²) < 4.78 is 0. The molecule has 2 saturated heterocycles. The highest BCUT2D eigenvalue weighted by Crippen LogP contribution is 2.37. The molecule has 0 radical (unpaired) electrons. The summed E-state index contributed by atoms with van der Waals surface area (Å²) in [6, 6.07) is 3.34. The van der Waals surface area contributed by atoms with Gasteiger partial charge >= 0.3 is 0 Å². The van der Waals surface area contributed by atoms with E-state index in [0.717, 1.165) is 19.6 Å². The van der Waals surface area contributed by atoms with Gasteiger partial charge in [-0.05, 0) is 42.9 Å². The van der Waals surface area contributed by atoms with Gasteiger partial charge < -0.3 is 4.90 Å². The van der Waals surface area contributed by atoms with Crippen LogP contribution in [0.5, 0.6) is 0 Å². The van der Waals surface area contributed by atoms with E-state index < -0.39 is 6.04 Å². The van der Waals surface area contributed by atoms with Crippen LogP contribution >= 0.6 is 0 Å². The van der Waals surface area contributed by atoms with Crippen molar-refractivity contribution in [3.63, 3.8) is 0 Å². The molecule has 3 aliphatic rings. The van der Waals surface area contributed by atoms with Crippen LogP contribution in [-0.4, -0.2) is 69.6 Å². The van der Waals surface area contributed by atoms with E-state index in [2.05, 4.69) is 9.88 Å². The van der Waals surface area contributed by atoms with E-state index in [1.807, 2.05) is 43.0 Å². The molecular weight excluding hydrogens is 392 g/mol. The SMILES string of the molecule is CC(C)CC(C(=O)N1CCN(Cc2ccncc2)CC1)N1C(=O)C2CC=CCC2C1=O. The summed E-state index contributed by atoms with van der Waals surface area (Å²) >= 11 is 0. The third kappa shape index (κ3) is 4.56. The Labute approximate surface area is 184 Å². The smallest absolute Gasteiger partial charge is 0.245 e. The first-order valence-corrected chi connectivity index (χ1v) is 11.4. The van der Waals surface area contributed by atoms with Crippen molar-refractivity contribution < 1.29 is 14.4 Å². The van der Waals surface area contributed by atoms with Crippen LogP contribution in [0.1, 0.15) is 38.7 Å². The molecule has 4 rings (SSSR count). The van der Waals surface area contributed by atoms with Crippen LogP contribution < -0.4 is 0 Å². The lowest BCUT2D eigenvalue weighted by molar-refractivity contribution is -0.153. The zero-order chi connectivity index (χ0) is 22.0. The van der Waals surface area contributed by atoms with Gasteiger partial charge in [-0.1, -0.05) is 26.0 Å². The van der Waals surface area contributed by atoms with Crippen LogP contribution in [0.15, 0.2) is 36.7 Å². The fourth-order valence-electron chi connectivity index (χ4n) is 4.98. The number of nitrogens with zero attached hydrogens (tertiary/aromatic N) is 4. The molecular formula is C24H32N4O3. The Balaban J connectivity index is 1.43. The van der Waals surface area contributed by atoms with E-state index in [1.54, 1.807) is 12.4 Å². The van der Waals surface area contributed by atoms with Crippen LogP contribution in [-0.2, 0) is 20.9 Å². The van der Waals surface area contributed by atoms with E-state index in [1.165, 1.54) is 10.5 Å². The summed E-state index contributed by atoms with van der Waals surface area (Å²) in [4.78, 5) is 49.3. The van der Waals surface area contributed by atoms with Gasteiger partial charge in [0.25, 0.3) is 0 Å². The Morgan fingerprint density at radius 2 is 1.58 bits per heavy atom. The monoisotopic (exact) mass is 424 g/mol. The minimum atomic E-state index is -0.683. The Morgan fingerprint density at radius 3 is 2.13 bits per heavy atom. The number of imide groups is 1. The minimum absolute atomic E-state index is 0.0782. The number of carbonyl (C=O) groups excluding carboxylic acids is 3. The Hall–Kier alpha value is -2.54. The molecule has 0 saturated carbocycles. The standard InChI is InChI=1S/C24H32N4O3/c1-17(2)15-21(28-22(29)19-5-3-4-6-20(19)23(28)30)24(31)27-13-11-26(12-14-27)16-18-7-9-25-10-8-18/h3-4,7-10,17,19-21H,5-6,11-16H2,1-2H3. The average molecular weight is 425 g/mol. The van der Waals surface area contributed by atoms with E-state index in [0.29, 0.717) is 32.4 Å². The lowest BCUT2D eigenvalue weighted by Gasteiger charge is -2.38. The summed E-state index contributed by atoms with van der Waals surface area (Å²) in [6.45, 7) is 7.68. The van der Waals surface area contributed by atoms with Crippen molar-refractivity contribution in [3.8, 4) is 0 Å². The van der Waals surface area contributed by atoms with Gasteiger partial charge in [-0.3, -0.25) is 29.2 Å². The summed E-state index contributed by atoms with van der Waals surface area (Å²) in [5.41, 5.74) is 1.21. The molecule has 3 unspecified atom stereocenters. The fourth-order valence-corrected chi connectivity index (χ4v) is 4.98. The minimum Gasteiger partial charge on any atom is -0.338 e. The first-order valence-electron chi connectivity index (χ1n) is 11.4. The molecule has 0 aromatic carbocycles. The maximum Gasteiger partial charge on any atom is 0.245 e. The number of fused-ring (bicyclic) bond motifs is 1. The Morgan fingerprint density at radius 1 is 1.00 bits per heavy atom. The lowest BCUT2D eigenvalue weighted by Crippen LogP contribution is -2.56. The highest BCUT2D eigenvalue weighted by atomic mass is 16.2.